The Morgan fingerprint density at radius 1 is 0.929 bits per heavy atom. The number of rotatable bonds is 0. The molecule has 0 amide bonds. The second-order valence-electron chi connectivity index (χ2n) is 6.48. The Morgan fingerprint density at radius 2 is 1.79 bits per heavy atom. The summed E-state index contributed by atoms with van der Waals surface area (Å²) in [5.74, 6) is 6.83. The molecule has 0 N–H and O–H groups in total. The van der Waals surface area contributed by atoms with Gasteiger partial charge in [0.25, 0.3) is 0 Å². The Morgan fingerprint density at radius 3 is 2.64 bits per heavy atom. The average molecular weight is 191 g/mol. The molecule has 4 rings (SSSR count). The minimum atomic E-state index is 0.880. The van der Waals surface area contributed by atoms with Gasteiger partial charge in [-0.2, -0.15) is 0 Å². The molecule has 1 aliphatic heterocycles. The molecular formula is C13H21N. The van der Waals surface area contributed by atoms with Gasteiger partial charge in [0, 0.05) is 12.6 Å². The van der Waals surface area contributed by atoms with Gasteiger partial charge in [0.15, 0.2) is 0 Å². The van der Waals surface area contributed by atoms with Crippen molar-refractivity contribution in [1.82, 2.24) is 4.90 Å². The first-order valence-electron chi connectivity index (χ1n) is 6.46. The maximum atomic E-state index is 2.62. The quantitative estimate of drug-likeness (QED) is 0.567. The lowest BCUT2D eigenvalue weighted by Gasteiger charge is -2.36. The zero-order chi connectivity index (χ0) is 9.45. The summed E-state index contributed by atoms with van der Waals surface area (Å²) in [4.78, 5) is 2.62. The van der Waals surface area contributed by atoms with Crippen molar-refractivity contribution in [2.24, 2.45) is 35.5 Å². The highest BCUT2D eigenvalue weighted by molar-refractivity contribution is 5.12. The Bertz CT molecular complexity index is 274. The second-order valence-corrected chi connectivity index (χ2v) is 6.48. The third kappa shape index (κ3) is 0.816. The van der Waals surface area contributed by atoms with Gasteiger partial charge in [-0.05, 0) is 68.7 Å². The fourth-order valence-electron chi connectivity index (χ4n) is 5.36. The van der Waals surface area contributed by atoms with Crippen molar-refractivity contribution in [3.8, 4) is 0 Å². The van der Waals surface area contributed by atoms with Crippen molar-refractivity contribution in [3.05, 3.63) is 0 Å². The standard InChI is InChI=1S/C13H21N/c1-7-13-9(6-14(7)2)3-8-4-12(13)11-5-10(8)11/h7-13H,3-6H2,1-2H3. The lowest BCUT2D eigenvalue weighted by molar-refractivity contribution is 0.143. The molecule has 1 heterocycles. The van der Waals surface area contributed by atoms with Crippen LogP contribution in [0, 0.1) is 35.5 Å². The molecule has 1 heteroatoms. The zero-order valence-electron chi connectivity index (χ0n) is 9.32. The summed E-state index contributed by atoms with van der Waals surface area (Å²) in [6, 6.07) is 0.880. The number of hydrogen-bond donors (Lipinski definition) is 0. The van der Waals surface area contributed by atoms with Crippen LogP contribution >= 0.6 is 0 Å². The molecule has 3 aliphatic carbocycles. The third-order valence-electron chi connectivity index (χ3n) is 6.04. The highest BCUT2D eigenvalue weighted by atomic mass is 15.2. The van der Waals surface area contributed by atoms with Gasteiger partial charge in [-0.25, -0.2) is 0 Å². The number of fused-ring (bicyclic) bond motifs is 7. The SMILES string of the molecule is CC1C2C(CC3CC2C2CC32)CN1C. The minimum absolute atomic E-state index is 0.880. The maximum Gasteiger partial charge on any atom is 0.00981 e. The van der Waals surface area contributed by atoms with Gasteiger partial charge >= 0.3 is 0 Å². The van der Waals surface area contributed by atoms with Gasteiger partial charge < -0.3 is 4.90 Å². The van der Waals surface area contributed by atoms with Crippen molar-refractivity contribution in [2.45, 2.75) is 32.2 Å². The monoisotopic (exact) mass is 191 g/mol. The smallest absolute Gasteiger partial charge is 0.00981 e. The summed E-state index contributed by atoms with van der Waals surface area (Å²) in [6.45, 7) is 3.87. The predicted molar refractivity (Wildman–Crippen MR) is 56.9 cm³/mol. The first kappa shape index (κ1) is 8.15. The molecule has 0 aromatic rings. The first-order valence-corrected chi connectivity index (χ1v) is 6.46. The molecule has 7 unspecified atom stereocenters. The van der Waals surface area contributed by atoms with E-state index in [1.165, 1.54) is 18.4 Å². The molecule has 4 fully saturated rings. The Hall–Kier alpha value is -0.0400. The van der Waals surface area contributed by atoms with E-state index < -0.39 is 0 Å². The van der Waals surface area contributed by atoms with Gasteiger partial charge in [0.1, 0.15) is 0 Å². The van der Waals surface area contributed by atoms with Gasteiger partial charge in [-0.15, -0.1) is 0 Å². The van der Waals surface area contributed by atoms with E-state index in [2.05, 4.69) is 18.9 Å². The normalized spacial score (nSPS) is 65.1. The van der Waals surface area contributed by atoms with Crippen LogP contribution in [0.4, 0.5) is 0 Å². The van der Waals surface area contributed by atoms with Crippen molar-refractivity contribution < 1.29 is 0 Å². The van der Waals surface area contributed by atoms with Crippen molar-refractivity contribution in [3.63, 3.8) is 0 Å². The van der Waals surface area contributed by atoms with Crippen LogP contribution in [0.25, 0.3) is 0 Å². The number of likely N-dealkylation sites (tertiary alicyclic amines) is 1. The highest BCUT2D eigenvalue weighted by Crippen LogP contribution is 2.67. The Balaban J connectivity index is 1.69. The van der Waals surface area contributed by atoms with Crippen LogP contribution < -0.4 is 0 Å². The zero-order valence-corrected chi connectivity index (χ0v) is 9.32. The van der Waals surface area contributed by atoms with E-state index in [-0.39, 0.29) is 0 Å². The fourth-order valence-corrected chi connectivity index (χ4v) is 5.36. The molecule has 7 atom stereocenters. The topological polar surface area (TPSA) is 3.24 Å². The van der Waals surface area contributed by atoms with E-state index in [1.807, 2.05) is 0 Å². The number of hydrogen-bond acceptors (Lipinski definition) is 1. The van der Waals surface area contributed by atoms with Crippen molar-refractivity contribution in [2.75, 3.05) is 13.6 Å². The summed E-state index contributed by atoms with van der Waals surface area (Å²) in [5, 5.41) is 0. The minimum Gasteiger partial charge on any atom is -0.303 e. The van der Waals surface area contributed by atoms with Crippen LogP contribution in [0.2, 0.25) is 0 Å². The van der Waals surface area contributed by atoms with Crippen LogP contribution in [-0.4, -0.2) is 24.5 Å². The van der Waals surface area contributed by atoms with Crippen LogP contribution in [0.5, 0.6) is 0 Å². The van der Waals surface area contributed by atoms with Gasteiger partial charge in [0.2, 0.25) is 0 Å². The van der Waals surface area contributed by atoms with E-state index in [0.717, 1.165) is 29.7 Å². The van der Waals surface area contributed by atoms with Crippen LogP contribution in [0.1, 0.15) is 26.2 Å². The molecule has 2 bridgehead atoms. The summed E-state index contributed by atoms with van der Waals surface area (Å²) in [6.07, 6.45) is 4.79. The largest absolute Gasteiger partial charge is 0.303 e. The molecule has 1 nitrogen and oxygen atoms in total. The highest BCUT2D eigenvalue weighted by Gasteiger charge is 2.62. The average Bonchev–Trinajstić information content (AvgIpc) is 2.84. The van der Waals surface area contributed by atoms with Crippen LogP contribution in [-0.2, 0) is 0 Å². The van der Waals surface area contributed by atoms with Crippen molar-refractivity contribution >= 4 is 0 Å². The summed E-state index contributed by atoms with van der Waals surface area (Å²) < 4.78 is 0. The van der Waals surface area contributed by atoms with Gasteiger partial charge in [-0.3, -0.25) is 0 Å². The van der Waals surface area contributed by atoms with E-state index in [4.69, 9.17) is 0 Å². The van der Waals surface area contributed by atoms with E-state index in [1.54, 1.807) is 19.3 Å². The second kappa shape index (κ2) is 2.37. The summed E-state index contributed by atoms with van der Waals surface area (Å²) in [5.41, 5.74) is 0. The van der Waals surface area contributed by atoms with Crippen LogP contribution in [0.3, 0.4) is 0 Å². The number of nitrogens with zero attached hydrogens (tertiary/aromatic N) is 1. The molecule has 3 saturated carbocycles. The maximum absolute atomic E-state index is 2.62. The molecular weight excluding hydrogens is 170 g/mol. The summed E-state index contributed by atoms with van der Waals surface area (Å²) in [7, 11) is 2.33. The predicted octanol–water partition coefficient (Wildman–Crippen LogP) is 2.23. The molecule has 0 spiro atoms. The Labute approximate surface area is 86.9 Å². The lowest BCUT2D eigenvalue weighted by Crippen LogP contribution is -2.34. The molecule has 0 aromatic heterocycles. The van der Waals surface area contributed by atoms with Crippen molar-refractivity contribution in [1.29, 1.82) is 0 Å². The first-order chi connectivity index (χ1) is 6.75. The summed E-state index contributed by atoms with van der Waals surface area (Å²) >= 11 is 0. The van der Waals surface area contributed by atoms with E-state index in [9.17, 15) is 0 Å². The van der Waals surface area contributed by atoms with Gasteiger partial charge in [0.05, 0.1) is 0 Å². The molecule has 78 valence electrons. The Kier molecular flexibility index (Phi) is 1.38. The van der Waals surface area contributed by atoms with Gasteiger partial charge in [-0.1, -0.05) is 0 Å². The van der Waals surface area contributed by atoms with E-state index >= 15 is 0 Å². The molecule has 0 aromatic carbocycles. The molecule has 4 aliphatic rings. The fraction of sp³-hybridized carbons (Fsp3) is 1.00. The molecule has 1 saturated heterocycles. The lowest BCUT2D eigenvalue weighted by atomic mass is 9.69. The molecule has 14 heavy (non-hydrogen) atoms. The molecule has 0 radical (unpaired) electrons. The van der Waals surface area contributed by atoms with E-state index in [0.29, 0.717) is 0 Å². The third-order valence-corrected chi connectivity index (χ3v) is 6.04. The van der Waals surface area contributed by atoms with Crippen LogP contribution in [0.15, 0.2) is 0 Å².